The lowest BCUT2D eigenvalue weighted by Gasteiger charge is -2.34. The van der Waals surface area contributed by atoms with Crippen molar-refractivity contribution in [2.45, 2.75) is 13.5 Å². The number of rotatable bonds is 6. The molecule has 1 aliphatic rings. The molecule has 0 aliphatic carbocycles. The van der Waals surface area contributed by atoms with Crippen molar-refractivity contribution in [3.8, 4) is 22.7 Å². The number of ether oxygens (including phenoxy) is 1. The number of benzene rings is 2. The number of nitrogens with zero attached hydrogens (tertiary/aromatic N) is 4. The third-order valence-electron chi connectivity index (χ3n) is 6.18. The minimum atomic E-state index is -0.0384. The molecule has 1 amide bonds. The number of aromatic nitrogens is 2. The van der Waals surface area contributed by atoms with Crippen LogP contribution in [-0.4, -0.2) is 58.8 Å². The Kier molecular flexibility index (Phi) is 6.18. The number of piperazine rings is 1. The van der Waals surface area contributed by atoms with E-state index in [0.717, 1.165) is 53.7 Å². The second-order valence-electron chi connectivity index (χ2n) is 8.49. The predicted octanol–water partition coefficient (Wildman–Crippen LogP) is 4.41. The van der Waals surface area contributed by atoms with E-state index >= 15 is 0 Å². The van der Waals surface area contributed by atoms with Crippen LogP contribution in [-0.2, 0) is 6.54 Å². The van der Waals surface area contributed by atoms with Crippen LogP contribution in [0.4, 0.5) is 0 Å². The highest BCUT2D eigenvalue weighted by atomic mass is 16.5. The summed E-state index contributed by atoms with van der Waals surface area (Å²) in [6.07, 6.45) is 2.11. The van der Waals surface area contributed by atoms with Gasteiger partial charge in [0.25, 0.3) is 5.91 Å². The number of para-hydroxylation sites is 1. The first-order chi connectivity index (χ1) is 16.6. The maximum Gasteiger partial charge on any atom is 0.289 e. The van der Waals surface area contributed by atoms with Crippen molar-refractivity contribution in [3.05, 3.63) is 90.0 Å². The smallest absolute Gasteiger partial charge is 0.289 e. The standard InChI is InChI=1S/C27H28N4O3/c1-20-8-13-25(34-20)27(32)30-16-14-29(15-17-30)18-22-19-31(23-6-4-3-5-7-23)28-26(22)21-9-11-24(33-2)12-10-21/h3-13,19H,14-18H2,1-2H3. The highest BCUT2D eigenvalue weighted by Crippen LogP contribution is 2.27. The predicted molar refractivity (Wildman–Crippen MR) is 130 cm³/mol. The van der Waals surface area contributed by atoms with Crippen molar-refractivity contribution < 1.29 is 13.9 Å². The summed E-state index contributed by atoms with van der Waals surface area (Å²) in [6.45, 7) is 5.54. The summed E-state index contributed by atoms with van der Waals surface area (Å²) in [5.74, 6) is 1.95. The lowest BCUT2D eigenvalue weighted by Crippen LogP contribution is -2.48. The van der Waals surface area contributed by atoms with Gasteiger partial charge in [-0.15, -0.1) is 0 Å². The Balaban J connectivity index is 1.34. The molecule has 1 saturated heterocycles. The van der Waals surface area contributed by atoms with Crippen LogP contribution >= 0.6 is 0 Å². The fourth-order valence-electron chi connectivity index (χ4n) is 4.29. The molecular weight excluding hydrogens is 428 g/mol. The van der Waals surface area contributed by atoms with Gasteiger partial charge < -0.3 is 14.1 Å². The largest absolute Gasteiger partial charge is 0.497 e. The molecular formula is C27H28N4O3. The number of aryl methyl sites for hydroxylation is 1. The first kappa shape index (κ1) is 22.0. The second-order valence-corrected chi connectivity index (χ2v) is 8.49. The van der Waals surface area contributed by atoms with E-state index in [-0.39, 0.29) is 5.91 Å². The van der Waals surface area contributed by atoms with Crippen molar-refractivity contribution in [2.75, 3.05) is 33.3 Å². The third kappa shape index (κ3) is 4.61. The molecule has 1 aliphatic heterocycles. The van der Waals surface area contributed by atoms with Crippen LogP contribution in [0.5, 0.6) is 5.75 Å². The molecule has 0 unspecified atom stereocenters. The topological polar surface area (TPSA) is 63.7 Å². The first-order valence-electron chi connectivity index (χ1n) is 11.5. The highest BCUT2D eigenvalue weighted by Gasteiger charge is 2.25. The Bertz CT molecular complexity index is 1250. The molecule has 34 heavy (non-hydrogen) atoms. The molecule has 0 saturated carbocycles. The van der Waals surface area contributed by atoms with Crippen molar-refractivity contribution in [3.63, 3.8) is 0 Å². The summed E-state index contributed by atoms with van der Waals surface area (Å²) in [6, 6.07) is 21.7. The molecule has 0 atom stereocenters. The molecule has 7 heteroatoms. The summed E-state index contributed by atoms with van der Waals surface area (Å²) >= 11 is 0. The van der Waals surface area contributed by atoms with Gasteiger partial charge in [0.2, 0.25) is 0 Å². The number of amides is 1. The molecule has 0 N–H and O–H groups in total. The molecule has 0 spiro atoms. The number of furan rings is 1. The van der Waals surface area contributed by atoms with Gasteiger partial charge in [0.1, 0.15) is 11.5 Å². The van der Waals surface area contributed by atoms with Gasteiger partial charge >= 0.3 is 0 Å². The summed E-state index contributed by atoms with van der Waals surface area (Å²) in [5, 5.41) is 4.93. The Morgan fingerprint density at radius 3 is 2.35 bits per heavy atom. The molecule has 0 radical (unpaired) electrons. The zero-order valence-corrected chi connectivity index (χ0v) is 19.5. The minimum Gasteiger partial charge on any atom is -0.497 e. The van der Waals surface area contributed by atoms with E-state index in [9.17, 15) is 4.79 Å². The second kappa shape index (κ2) is 9.57. The van der Waals surface area contributed by atoms with Crippen LogP contribution in [0.3, 0.4) is 0 Å². The quantitative estimate of drug-likeness (QED) is 0.430. The average molecular weight is 457 g/mol. The summed E-state index contributed by atoms with van der Waals surface area (Å²) in [5.41, 5.74) is 4.17. The maximum atomic E-state index is 12.7. The van der Waals surface area contributed by atoms with E-state index in [1.165, 1.54) is 0 Å². The summed E-state index contributed by atoms with van der Waals surface area (Å²) in [7, 11) is 1.67. The van der Waals surface area contributed by atoms with Crippen molar-refractivity contribution in [1.29, 1.82) is 0 Å². The minimum absolute atomic E-state index is 0.0384. The fourth-order valence-corrected chi connectivity index (χ4v) is 4.29. The molecule has 4 aromatic rings. The third-order valence-corrected chi connectivity index (χ3v) is 6.18. The van der Waals surface area contributed by atoms with Gasteiger partial charge in [0.15, 0.2) is 5.76 Å². The van der Waals surface area contributed by atoms with Gasteiger partial charge in [-0.25, -0.2) is 4.68 Å². The highest BCUT2D eigenvalue weighted by molar-refractivity contribution is 5.91. The van der Waals surface area contributed by atoms with Gasteiger partial charge in [0, 0.05) is 50.0 Å². The SMILES string of the molecule is COc1ccc(-c2nn(-c3ccccc3)cc2CN2CCN(C(=O)c3ccc(C)o3)CC2)cc1. The lowest BCUT2D eigenvalue weighted by atomic mass is 10.1. The van der Waals surface area contributed by atoms with E-state index in [1.807, 2.05) is 65.0 Å². The number of hydrogen-bond donors (Lipinski definition) is 0. The number of carbonyl (C=O) groups is 1. The molecule has 7 nitrogen and oxygen atoms in total. The lowest BCUT2D eigenvalue weighted by molar-refractivity contribution is 0.0596. The Labute approximate surface area is 199 Å². The Hall–Kier alpha value is -3.84. The molecule has 3 heterocycles. The number of carbonyl (C=O) groups excluding carboxylic acids is 1. The van der Waals surface area contributed by atoms with E-state index in [1.54, 1.807) is 13.2 Å². The monoisotopic (exact) mass is 456 g/mol. The zero-order valence-electron chi connectivity index (χ0n) is 19.5. The molecule has 1 fully saturated rings. The molecule has 2 aromatic heterocycles. The van der Waals surface area contributed by atoms with Crippen LogP contribution in [0.25, 0.3) is 16.9 Å². The molecule has 0 bridgehead atoms. The first-order valence-corrected chi connectivity index (χ1v) is 11.5. The van der Waals surface area contributed by atoms with E-state index < -0.39 is 0 Å². The molecule has 5 rings (SSSR count). The van der Waals surface area contributed by atoms with Gasteiger partial charge in [0.05, 0.1) is 18.5 Å². The van der Waals surface area contributed by atoms with Crippen molar-refractivity contribution >= 4 is 5.91 Å². The van der Waals surface area contributed by atoms with Crippen LogP contribution in [0.15, 0.2) is 77.3 Å². The number of methoxy groups -OCH3 is 1. The molecule has 174 valence electrons. The van der Waals surface area contributed by atoms with Gasteiger partial charge in [-0.05, 0) is 55.5 Å². The van der Waals surface area contributed by atoms with E-state index in [0.29, 0.717) is 18.8 Å². The van der Waals surface area contributed by atoms with Gasteiger partial charge in [-0.3, -0.25) is 9.69 Å². The van der Waals surface area contributed by atoms with Gasteiger partial charge in [-0.2, -0.15) is 5.10 Å². The van der Waals surface area contributed by atoms with Crippen molar-refractivity contribution in [1.82, 2.24) is 19.6 Å². The maximum absolute atomic E-state index is 12.7. The molecule has 2 aromatic carbocycles. The Morgan fingerprint density at radius 2 is 1.71 bits per heavy atom. The summed E-state index contributed by atoms with van der Waals surface area (Å²) in [4.78, 5) is 17.0. The van der Waals surface area contributed by atoms with Crippen molar-refractivity contribution in [2.24, 2.45) is 0 Å². The van der Waals surface area contributed by atoms with Crippen LogP contribution in [0.1, 0.15) is 21.9 Å². The summed E-state index contributed by atoms with van der Waals surface area (Å²) < 4.78 is 12.8. The van der Waals surface area contributed by atoms with Crippen LogP contribution < -0.4 is 4.74 Å². The van der Waals surface area contributed by atoms with Crippen LogP contribution in [0, 0.1) is 6.92 Å². The normalized spacial score (nSPS) is 14.4. The van der Waals surface area contributed by atoms with E-state index in [4.69, 9.17) is 14.3 Å². The Morgan fingerprint density at radius 1 is 0.971 bits per heavy atom. The van der Waals surface area contributed by atoms with Crippen LogP contribution in [0.2, 0.25) is 0 Å². The number of hydrogen-bond acceptors (Lipinski definition) is 5. The zero-order chi connectivity index (χ0) is 23.5. The van der Waals surface area contributed by atoms with Gasteiger partial charge in [-0.1, -0.05) is 18.2 Å². The average Bonchev–Trinajstić information content (AvgIpc) is 3.51. The van der Waals surface area contributed by atoms with E-state index in [2.05, 4.69) is 23.2 Å². The fraction of sp³-hybridized carbons (Fsp3) is 0.259.